The molecular weight excluding hydrogens is 426 g/mol. The number of aliphatic hydroxyl groups is 1. The van der Waals surface area contributed by atoms with E-state index in [0.29, 0.717) is 19.0 Å². The maximum absolute atomic E-state index is 12.0. The van der Waals surface area contributed by atoms with E-state index in [1.54, 1.807) is 11.8 Å². The van der Waals surface area contributed by atoms with E-state index in [9.17, 15) is 13.2 Å². The predicted molar refractivity (Wildman–Crippen MR) is 111 cm³/mol. The highest BCUT2D eigenvalue weighted by atomic mass is 32.2. The van der Waals surface area contributed by atoms with Crippen molar-refractivity contribution >= 4 is 15.9 Å². The number of rotatable bonds is 7. The van der Waals surface area contributed by atoms with E-state index in [0.717, 1.165) is 44.8 Å². The van der Waals surface area contributed by atoms with Crippen LogP contribution in [-0.2, 0) is 19.3 Å². The molecule has 0 radical (unpaired) electrons. The fraction of sp³-hybridized carbons (Fsp3) is 0.750. The largest absolute Gasteiger partial charge is 0.473 e. The first-order valence-corrected chi connectivity index (χ1v) is 12.5. The lowest BCUT2D eigenvalue weighted by Gasteiger charge is -2.35. The van der Waals surface area contributed by atoms with E-state index in [2.05, 4.69) is 9.97 Å². The first-order valence-electron chi connectivity index (χ1n) is 10.6. The van der Waals surface area contributed by atoms with Gasteiger partial charge in [-0.3, -0.25) is 0 Å². The second-order valence-corrected chi connectivity index (χ2v) is 10.1. The van der Waals surface area contributed by atoms with Crippen LogP contribution in [0.1, 0.15) is 45.4 Å². The van der Waals surface area contributed by atoms with E-state index < -0.39 is 15.9 Å². The molecule has 1 saturated heterocycles. The summed E-state index contributed by atoms with van der Waals surface area (Å²) in [5.41, 5.74) is 0. The Hall–Kier alpha value is -1.98. The quantitative estimate of drug-likeness (QED) is 0.649. The molecule has 3 rings (SSSR count). The summed E-state index contributed by atoms with van der Waals surface area (Å²) in [6, 6.07) is 0. The lowest BCUT2D eigenvalue weighted by atomic mass is 9.94. The van der Waals surface area contributed by atoms with Crippen molar-refractivity contribution in [3.63, 3.8) is 0 Å². The lowest BCUT2D eigenvalue weighted by Crippen LogP contribution is -2.43. The third-order valence-corrected chi connectivity index (χ3v) is 6.51. The monoisotopic (exact) mass is 457 g/mol. The number of likely N-dealkylation sites (tertiary alicyclic amines) is 1. The summed E-state index contributed by atoms with van der Waals surface area (Å²) < 4.78 is 40.1. The Labute approximate surface area is 182 Å². The van der Waals surface area contributed by atoms with Crippen molar-refractivity contribution in [1.82, 2.24) is 14.9 Å². The van der Waals surface area contributed by atoms with Crippen LogP contribution in [0.4, 0.5) is 4.79 Å². The zero-order valence-electron chi connectivity index (χ0n) is 18.0. The molecule has 2 aliphatic rings. The average Bonchev–Trinajstić information content (AvgIpc) is 2.75. The zero-order valence-corrected chi connectivity index (χ0v) is 18.8. The fourth-order valence-electron chi connectivity index (χ4n) is 3.74. The van der Waals surface area contributed by atoms with Crippen LogP contribution in [0.3, 0.4) is 0 Å². The molecule has 1 saturated carbocycles. The van der Waals surface area contributed by atoms with E-state index in [-0.39, 0.29) is 36.0 Å². The zero-order chi connectivity index (χ0) is 22.4. The number of aliphatic hydroxyl groups excluding tert-OH is 1. The van der Waals surface area contributed by atoms with Crippen LogP contribution < -0.4 is 4.74 Å². The van der Waals surface area contributed by atoms with E-state index in [4.69, 9.17) is 19.3 Å². The second kappa shape index (κ2) is 10.6. The Morgan fingerprint density at radius 3 is 2.26 bits per heavy atom. The smallest absolute Gasteiger partial charge is 0.410 e. The first-order chi connectivity index (χ1) is 14.7. The highest BCUT2D eigenvalue weighted by molar-refractivity contribution is 7.90. The molecule has 2 fully saturated rings. The number of sulfone groups is 1. The summed E-state index contributed by atoms with van der Waals surface area (Å²) in [7, 11) is -3.37. The Balaban J connectivity index is 1.37. The van der Waals surface area contributed by atoms with Gasteiger partial charge in [0.2, 0.25) is 5.88 Å². The van der Waals surface area contributed by atoms with Gasteiger partial charge in [-0.05, 0) is 45.4 Å². The Bertz CT molecular complexity index is 818. The average molecular weight is 458 g/mol. The maximum atomic E-state index is 12.0. The summed E-state index contributed by atoms with van der Waals surface area (Å²) in [5.74, 6) is 0.326. The molecular formula is C20H31N3O7S. The summed E-state index contributed by atoms with van der Waals surface area (Å²) in [6.07, 6.45) is 7.98. The van der Waals surface area contributed by atoms with Gasteiger partial charge < -0.3 is 24.2 Å². The second-order valence-electron chi connectivity index (χ2n) is 8.18. The van der Waals surface area contributed by atoms with Gasteiger partial charge in [0.1, 0.15) is 12.2 Å². The first kappa shape index (κ1) is 23.7. The summed E-state index contributed by atoms with van der Waals surface area (Å²) >= 11 is 0. The Morgan fingerprint density at radius 2 is 1.71 bits per heavy atom. The van der Waals surface area contributed by atoms with Gasteiger partial charge in [0.15, 0.2) is 14.9 Å². The number of amides is 1. The number of hydrogen-bond donors (Lipinski definition) is 1. The Morgan fingerprint density at radius 1 is 1.10 bits per heavy atom. The third-order valence-electron chi connectivity index (χ3n) is 5.54. The lowest BCUT2D eigenvalue weighted by molar-refractivity contribution is -0.0666. The van der Waals surface area contributed by atoms with Gasteiger partial charge in [0.05, 0.1) is 31.2 Å². The van der Waals surface area contributed by atoms with Crippen LogP contribution in [-0.4, -0.2) is 84.9 Å². The van der Waals surface area contributed by atoms with Crippen LogP contribution in [0.15, 0.2) is 17.4 Å². The molecule has 1 atom stereocenters. The molecule has 0 aromatic carbocycles. The van der Waals surface area contributed by atoms with Gasteiger partial charge >= 0.3 is 6.09 Å². The number of ether oxygens (including phenoxy) is 3. The molecule has 2 heterocycles. The molecule has 1 amide bonds. The highest BCUT2D eigenvalue weighted by Crippen LogP contribution is 2.27. The summed E-state index contributed by atoms with van der Waals surface area (Å²) in [6.45, 7) is 2.64. The standard InChI is InChI=1S/C20H31N3O7S/c1-14(13-24)28-20(25)23-9-7-17(8-10-23)29-15-3-5-16(6-4-15)30-18-11-22-19(12-21-18)31(2,26)27/h11-12,14-17,24H,3-10,13H2,1-2H3. The van der Waals surface area contributed by atoms with Crippen molar-refractivity contribution in [3.05, 3.63) is 12.4 Å². The van der Waals surface area contributed by atoms with Crippen molar-refractivity contribution in [1.29, 1.82) is 0 Å². The van der Waals surface area contributed by atoms with Crippen molar-refractivity contribution in [2.75, 3.05) is 26.0 Å². The highest BCUT2D eigenvalue weighted by Gasteiger charge is 2.29. The minimum Gasteiger partial charge on any atom is -0.473 e. The predicted octanol–water partition coefficient (Wildman–Crippen LogP) is 1.57. The van der Waals surface area contributed by atoms with Gasteiger partial charge in [-0.2, -0.15) is 0 Å². The van der Waals surface area contributed by atoms with Gasteiger partial charge in [-0.15, -0.1) is 0 Å². The molecule has 1 aromatic rings. The molecule has 1 aliphatic carbocycles. The topological polar surface area (TPSA) is 128 Å². The van der Waals surface area contributed by atoms with Crippen molar-refractivity contribution < 1.29 is 32.5 Å². The van der Waals surface area contributed by atoms with Gasteiger partial charge in [0, 0.05) is 19.3 Å². The number of carbonyl (C=O) groups is 1. The summed E-state index contributed by atoms with van der Waals surface area (Å²) in [4.78, 5) is 21.6. The fourth-order valence-corrected chi connectivity index (χ4v) is 4.23. The molecule has 11 heteroatoms. The van der Waals surface area contributed by atoms with E-state index in [1.807, 2.05) is 0 Å². The van der Waals surface area contributed by atoms with Gasteiger partial charge in [-0.1, -0.05) is 0 Å². The molecule has 0 spiro atoms. The normalized spacial score (nSPS) is 23.9. The third kappa shape index (κ3) is 7.01. The molecule has 1 N–H and O–H groups in total. The van der Waals surface area contributed by atoms with E-state index >= 15 is 0 Å². The maximum Gasteiger partial charge on any atom is 0.410 e. The number of hydrogen-bond acceptors (Lipinski definition) is 9. The minimum atomic E-state index is -3.37. The van der Waals surface area contributed by atoms with Crippen LogP contribution in [0, 0.1) is 0 Å². The number of piperidine rings is 1. The van der Waals surface area contributed by atoms with Crippen LogP contribution in [0.2, 0.25) is 0 Å². The van der Waals surface area contributed by atoms with Gasteiger partial charge in [0.25, 0.3) is 0 Å². The molecule has 0 bridgehead atoms. The molecule has 1 unspecified atom stereocenters. The molecule has 10 nitrogen and oxygen atoms in total. The van der Waals surface area contributed by atoms with Gasteiger partial charge in [-0.25, -0.2) is 23.2 Å². The molecule has 174 valence electrons. The van der Waals surface area contributed by atoms with Crippen molar-refractivity contribution in [2.45, 2.75) is 74.9 Å². The van der Waals surface area contributed by atoms with Crippen molar-refractivity contribution in [3.8, 4) is 5.88 Å². The SMILES string of the molecule is CC(CO)OC(=O)N1CCC(OC2CCC(Oc3cnc(S(C)(=O)=O)cn3)CC2)CC1. The number of nitrogens with zero attached hydrogens (tertiary/aromatic N) is 3. The number of aromatic nitrogens is 2. The molecule has 1 aliphatic heterocycles. The van der Waals surface area contributed by atoms with Crippen LogP contribution >= 0.6 is 0 Å². The van der Waals surface area contributed by atoms with E-state index in [1.165, 1.54) is 12.4 Å². The van der Waals surface area contributed by atoms with Crippen molar-refractivity contribution in [2.24, 2.45) is 0 Å². The number of carbonyl (C=O) groups excluding carboxylic acids is 1. The Kier molecular flexibility index (Phi) is 8.06. The minimum absolute atomic E-state index is 0.00312. The molecule has 1 aromatic heterocycles. The van der Waals surface area contributed by atoms with Crippen LogP contribution in [0.5, 0.6) is 5.88 Å². The van der Waals surface area contributed by atoms with Crippen LogP contribution in [0.25, 0.3) is 0 Å². The summed E-state index contributed by atoms with van der Waals surface area (Å²) in [5, 5.41) is 8.92. The molecule has 31 heavy (non-hydrogen) atoms.